The van der Waals surface area contributed by atoms with Gasteiger partial charge in [0.05, 0.1) is 95.4 Å². The van der Waals surface area contributed by atoms with E-state index in [2.05, 4.69) is 161 Å². The van der Waals surface area contributed by atoms with Gasteiger partial charge < -0.3 is 21.3 Å². The number of urea groups is 4. The van der Waals surface area contributed by atoms with Crippen LogP contribution < -0.4 is 40.9 Å². The predicted molar refractivity (Wildman–Crippen MR) is 492 cm³/mol. The summed E-state index contributed by atoms with van der Waals surface area (Å²) in [5.41, 5.74) is 14.3. The largest absolute Gasteiger partial charge is 0.329 e. The number of nitrogens with zero attached hydrogens (tertiary/aromatic N) is 12. The third-order valence-electron chi connectivity index (χ3n) is 26.0. The first kappa shape index (κ1) is 87.5. The minimum absolute atomic E-state index is 0.0716. The maximum absolute atomic E-state index is 13.4. The number of anilines is 4. The number of halogens is 2. The third kappa shape index (κ3) is 17.1. The zero-order chi connectivity index (χ0) is 88.5. The number of hydrogen-bond donors (Lipinski definition) is 4. The Morgan fingerprint density at radius 3 is 0.778 bits per heavy atom. The molecule has 0 unspecified atom stereocenters. The molecule has 4 atom stereocenters. The molecule has 4 aromatic heterocycles. The monoisotopic (exact) mass is 1850 g/mol. The molecular weight excluding hydrogens is 1760 g/mol. The summed E-state index contributed by atoms with van der Waals surface area (Å²) in [4.78, 5) is 136. The van der Waals surface area contributed by atoms with E-state index in [1.807, 2.05) is 22.0 Å². The lowest BCUT2D eigenvalue weighted by atomic mass is 9.86. The molecular formula is C90H90Cl2N16O12S6. The topological polar surface area (TPSA) is 330 Å². The smallest absolute Gasteiger partial charge is 0.323 e. The molecule has 126 heavy (non-hydrogen) atoms. The van der Waals surface area contributed by atoms with Gasteiger partial charge in [-0.1, -0.05) is 59.6 Å². The number of amides is 12. The van der Waals surface area contributed by atoms with Gasteiger partial charge in [-0.05, 0) is 235 Å². The molecule has 8 aliphatic heterocycles. The number of carbonyl (C=O) groups is 8. The summed E-state index contributed by atoms with van der Waals surface area (Å²) in [5, 5.41) is 12.9. The van der Waals surface area contributed by atoms with E-state index in [0.717, 1.165) is 80.0 Å². The number of carbonyl (C=O) groups excluding carboxylic acids is 8. The van der Waals surface area contributed by atoms with Gasteiger partial charge >= 0.3 is 24.1 Å². The second-order valence-electron chi connectivity index (χ2n) is 33.3. The fourth-order valence-corrected chi connectivity index (χ4v) is 22.4. The van der Waals surface area contributed by atoms with E-state index in [1.165, 1.54) is 65.7 Å². The molecule has 8 aliphatic rings. The maximum Gasteiger partial charge on any atom is 0.329 e. The standard InChI is InChI=1S/2C23H24N4O4S2.2C22H21ClN4O2S/c2*1-15(16-6-7-20-19(12-16)24-14-32-20)26-10-8-23(9-11-26)21(28)27(22(29)25-23)17-4-3-5-18(13-17)33(2,30)31;2*1-14(15-2-7-19-18(12-15)24-13-30-19)26-10-8-22(9-11-26)20(28)27(21(29)25-22)17-5-3-16(23)4-6-17/h2*3-7,12-15H,8-11H2,1-2H3,(H,25,29);2*2-7,12-14H,8-11H2,1H3,(H,25,29)/t2*15-;2*14-/m1010/s1. The summed E-state index contributed by atoms with van der Waals surface area (Å²) in [7, 11) is -6.91. The van der Waals surface area contributed by atoms with Crippen LogP contribution in [0.25, 0.3) is 40.9 Å². The van der Waals surface area contributed by atoms with Crippen molar-refractivity contribution in [2.24, 2.45) is 0 Å². The molecule has 0 aliphatic carbocycles. The van der Waals surface area contributed by atoms with E-state index in [-0.39, 0.29) is 81.0 Å². The minimum Gasteiger partial charge on any atom is -0.323 e. The van der Waals surface area contributed by atoms with Crippen LogP contribution in [0.3, 0.4) is 0 Å². The van der Waals surface area contributed by atoms with Gasteiger partial charge in [0.15, 0.2) is 19.7 Å². The molecule has 652 valence electrons. The molecule has 20 rings (SSSR count). The Morgan fingerprint density at radius 1 is 0.317 bits per heavy atom. The Morgan fingerprint density at radius 2 is 0.548 bits per heavy atom. The summed E-state index contributed by atoms with van der Waals surface area (Å²) < 4.78 is 52.4. The molecule has 4 spiro atoms. The Kier molecular flexibility index (Phi) is 24.2. The third-order valence-corrected chi connectivity index (χ3v) is 31.9. The highest BCUT2D eigenvalue weighted by atomic mass is 35.5. The van der Waals surface area contributed by atoms with Gasteiger partial charge in [-0.25, -0.2) is 75.5 Å². The highest BCUT2D eigenvalue weighted by molar-refractivity contribution is 7.91. The molecule has 8 saturated heterocycles. The summed E-state index contributed by atoms with van der Waals surface area (Å²) in [6.45, 7) is 14.2. The molecule has 28 nitrogen and oxygen atoms in total. The van der Waals surface area contributed by atoms with Crippen LogP contribution in [-0.4, -0.2) is 191 Å². The number of likely N-dealkylation sites (tertiary alicyclic amines) is 4. The SMILES string of the molecule is C[C@@H](c1ccc2scnc2c1)N1CCC2(CC1)NC(=O)N(c1ccc(Cl)cc1)C2=O.C[C@@H](c1ccc2scnc2c1)N1CCC2(CC1)NC(=O)N(c1cccc(S(C)(=O)=O)c1)C2=O.C[C@H](c1ccc2scnc2c1)N1CCC2(CC1)NC(=O)N(c1ccc(Cl)cc1)C2=O.C[C@H](c1ccc2scnc2c1)N1CCC2(CC1)NC(=O)N(c1cccc(S(C)(=O)=O)c1)C2=O. The van der Waals surface area contributed by atoms with Gasteiger partial charge in [0.2, 0.25) is 0 Å². The van der Waals surface area contributed by atoms with Crippen LogP contribution in [-0.2, 0) is 38.9 Å². The van der Waals surface area contributed by atoms with E-state index < -0.39 is 53.9 Å². The second-order valence-corrected chi connectivity index (χ2v) is 41.7. The quantitative estimate of drug-likeness (QED) is 0.0735. The van der Waals surface area contributed by atoms with Crippen molar-refractivity contribution in [3.63, 3.8) is 0 Å². The molecule has 12 heterocycles. The zero-order valence-corrected chi connectivity index (χ0v) is 76.0. The number of nitrogens with one attached hydrogen (secondary N) is 4. The van der Waals surface area contributed by atoms with Crippen LogP contribution in [0.4, 0.5) is 41.9 Å². The van der Waals surface area contributed by atoms with Crippen LogP contribution in [0.15, 0.2) is 202 Å². The van der Waals surface area contributed by atoms with Crippen molar-refractivity contribution in [1.29, 1.82) is 0 Å². The van der Waals surface area contributed by atoms with Crippen LogP contribution in [0.5, 0.6) is 0 Å². The Hall–Kier alpha value is -10.6. The minimum atomic E-state index is -3.46. The lowest BCUT2D eigenvalue weighted by Crippen LogP contribution is -2.55. The summed E-state index contributed by atoms with van der Waals surface area (Å²) in [6, 6.07) is 49.9. The molecule has 0 radical (unpaired) electrons. The fraction of sp³-hybridized carbons (Fsp3) is 0.333. The average molecular weight is 1850 g/mol. The average Bonchev–Trinajstić information content (AvgIpc) is 1.63. The summed E-state index contributed by atoms with van der Waals surface area (Å²) in [6.07, 6.45) is 6.51. The normalized spacial score (nSPS) is 20.0. The highest BCUT2D eigenvalue weighted by Gasteiger charge is 2.57. The Balaban J connectivity index is 0.000000119. The van der Waals surface area contributed by atoms with Gasteiger partial charge in [0.1, 0.15) is 22.2 Å². The number of aromatic nitrogens is 4. The first-order chi connectivity index (χ1) is 60.3. The number of fused-ring (bicyclic) bond motifs is 4. The van der Waals surface area contributed by atoms with Crippen LogP contribution >= 0.6 is 68.5 Å². The van der Waals surface area contributed by atoms with E-state index >= 15 is 0 Å². The van der Waals surface area contributed by atoms with Crippen LogP contribution in [0.1, 0.15) is 125 Å². The van der Waals surface area contributed by atoms with Gasteiger partial charge in [-0.15, -0.1) is 45.3 Å². The first-order valence-electron chi connectivity index (χ1n) is 41.4. The molecule has 0 saturated carbocycles. The fourth-order valence-electron chi connectivity index (χ4n) is 18.2. The van der Waals surface area contributed by atoms with Crippen molar-refractivity contribution in [3.05, 3.63) is 224 Å². The summed E-state index contributed by atoms with van der Waals surface area (Å²) in [5.74, 6) is -0.999. The zero-order valence-electron chi connectivity index (χ0n) is 69.6. The van der Waals surface area contributed by atoms with E-state index in [0.29, 0.717) is 99.0 Å². The predicted octanol–water partition coefficient (Wildman–Crippen LogP) is 15.9. The molecule has 36 heteroatoms. The van der Waals surface area contributed by atoms with Crippen molar-refractivity contribution in [3.8, 4) is 0 Å². The second kappa shape index (κ2) is 34.9. The first-order valence-corrected chi connectivity index (χ1v) is 49.4. The van der Waals surface area contributed by atoms with Gasteiger partial charge in [-0.3, -0.25) is 38.8 Å². The number of sulfone groups is 2. The van der Waals surface area contributed by atoms with Crippen molar-refractivity contribution in [2.45, 2.75) is 135 Å². The number of imide groups is 4. The van der Waals surface area contributed by atoms with E-state index in [4.69, 9.17) is 23.2 Å². The molecule has 8 aromatic carbocycles. The number of piperidine rings is 4. The maximum atomic E-state index is 13.4. The molecule has 8 fully saturated rings. The van der Waals surface area contributed by atoms with E-state index in [1.54, 1.807) is 118 Å². The Labute approximate surface area is 753 Å². The number of thiazole rings is 4. The molecule has 4 N–H and O–H groups in total. The van der Waals surface area contributed by atoms with Crippen molar-refractivity contribution in [2.75, 3.05) is 84.5 Å². The van der Waals surface area contributed by atoms with Crippen molar-refractivity contribution in [1.82, 2.24) is 60.8 Å². The van der Waals surface area contributed by atoms with Crippen molar-refractivity contribution < 1.29 is 55.2 Å². The van der Waals surface area contributed by atoms with Gasteiger partial charge in [0, 0.05) is 99.1 Å². The van der Waals surface area contributed by atoms with E-state index in [9.17, 15) is 55.2 Å². The van der Waals surface area contributed by atoms with Crippen LogP contribution in [0.2, 0.25) is 10.0 Å². The highest BCUT2D eigenvalue weighted by Crippen LogP contribution is 2.43. The number of rotatable bonds is 14. The molecule has 12 amide bonds. The lowest BCUT2D eigenvalue weighted by molar-refractivity contribution is -0.124. The van der Waals surface area contributed by atoms with Crippen molar-refractivity contribution >= 4 is 200 Å². The summed E-state index contributed by atoms with van der Waals surface area (Å²) >= 11 is 18.4. The number of benzene rings is 8. The molecule has 12 aromatic rings. The lowest BCUT2D eigenvalue weighted by Gasteiger charge is -2.40. The van der Waals surface area contributed by atoms with Gasteiger partial charge in [-0.2, -0.15) is 0 Å². The number of hydrogen-bond acceptors (Lipinski definition) is 24. The Bertz CT molecular complexity index is 6130. The van der Waals surface area contributed by atoms with Crippen LogP contribution in [0, 0.1) is 0 Å². The molecule has 0 bridgehead atoms. The van der Waals surface area contributed by atoms with Gasteiger partial charge in [0.25, 0.3) is 23.6 Å².